The maximum absolute atomic E-state index is 12.5. The van der Waals surface area contributed by atoms with Crippen molar-refractivity contribution in [1.29, 1.82) is 0 Å². The number of hydrogen-bond acceptors (Lipinski definition) is 4. The second kappa shape index (κ2) is 7.70. The smallest absolute Gasteiger partial charge is 0.313 e. The molecule has 6 heteroatoms. The van der Waals surface area contributed by atoms with Gasteiger partial charge in [0.1, 0.15) is 5.75 Å². The van der Waals surface area contributed by atoms with Crippen molar-refractivity contribution in [3.8, 4) is 5.75 Å². The first-order valence-electron chi connectivity index (χ1n) is 9.08. The average Bonchev–Trinajstić information content (AvgIpc) is 2.66. The van der Waals surface area contributed by atoms with Gasteiger partial charge in [0.15, 0.2) is 0 Å². The van der Waals surface area contributed by atoms with E-state index < -0.39 is 11.8 Å². The fourth-order valence-electron chi connectivity index (χ4n) is 3.34. The Morgan fingerprint density at radius 2 is 1.67 bits per heavy atom. The number of amides is 2. The minimum atomic E-state index is -0.649. The van der Waals surface area contributed by atoms with Crippen LogP contribution in [0, 0.1) is 20.8 Å². The van der Waals surface area contributed by atoms with Crippen LogP contribution in [-0.2, 0) is 9.59 Å². The molecule has 1 heterocycles. The van der Waals surface area contributed by atoms with Crippen LogP contribution in [0.3, 0.4) is 0 Å². The quantitative estimate of drug-likeness (QED) is 0.632. The van der Waals surface area contributed by atoms with Crippen molar-refractivity contribution in [2.45, 2.75) is 20.8 Å². The molecule has 2 N–H and O–H groups in total. The molecule has 1 aliphatic heterocycles. The summed E-state index contributed by atoms with van der Waals surface area (Å²) in [5.74, 6) is -1.05. The lowest BCUT2D eigenvalue weighted by Crippen LogP contribution is -2.51. The third-order valence-corrected chi connectivity index (χ3v) is 5.14. The topological polar surface area (TPSA) is 72.9 Å². The summed E-state index contributed by atoms with van der Waals surface area (Å²) in [6, 6.07) is 10.9. The largest absolute Gasteiger partial charge is 0.508 e. The maximum Gasteiger partial charge on any atom is 0.313 e. The average molecular weight is 367 g/mol. The van der Waals surface area contributed by atoms with Crippen LogP contribution < -0.4 is 10.2 Å². The first-order valence-corrected chi connectivity index (χ1v) is 9.08. The number of piperazine rings is 1. The van der Waals surface area contributed by atoms with Crippen molar-refractivity contribution in [3.63, 3.8) is 0 Å². The summed E-state index contributed by atoms with van der Waals surface area (Å²) >= 11 is 0. The SMILES string of the molecule is Cc1cc(O)ccc1NC(=O)C(=O)N1CCN(c2cccc(C)c2C)CC1. The van der Waals surface area contributed by atoms with Crippen LogP contribution in [0.1, 0.15) is 16.7 Å². The van der Waals surface area contributed by atoms with Crippen LogP contribution in [0.15, 0.2) is 36.4 Å². The summed E-state index contributed by atoms with van der Waals surface area (Å²) in [5, 5.41) is 12.1. The molecule has 142 valence electrons. The number of carbonyl (C=O) groups is 2. The van der Waals surface area contributed by atoms with Gasteiger partial charge in [-0.05, 0) is 61.7 Å². The molecule has 0 bridgehead atoms. The molecule has 0 radical (unpaired) electrons. The summed E-state index contributed by atoms with van der Waals surface area (Å²) in [6.45, 7) is 8.37. The van der Waals surface area contributed by atoms with Crippen molar-refractivity contribution in [3.05, 3.63) is 53.1 Å². The minimum absolute atomic E-state index is 0.124. The van der Waals surface area contributed by atoms with Crippen molar-refractivity contribution in [1.82, 2.24) is 4.90 Å². The van der Waals surface area contributed by atoms with Crippen LogP contribution in [0.25, 0.3) is 0 Å². The molecule has 2 aromatic rings. The summed E-state index contributed by atoms with van der Waals surface area (Å²) in [7, 11) is 0. The standard InChI is InChI=1S/C21H25N3O3/c1-14-5-4-6-19(16(14)3)23-9-11-24(12-10-23)21(27)20(26)22-18-8-7-17(25)13-15(18)2/h4-8,13,25H,9-12H2,1-3H3,(H,22,26). The Bertz CT molecular complexity index is 871. The Hall–Kier alpha value is -3.02. The molecule has 0 spiro atoms. The number of nitrogens with one attached hydrogen (secondary N) is 1. The Kier molecular flexibility index (Phi) is 5.35. The number of aromatic hydroxyl groups is 1. The summed E-state index contributed by atoms with van der Waals surface area (Å²) in [6.07, 6.45) is 0. The molecule has 2 amide bonds. The molecule has 6 nitrogen and oxygen atoms in total. The van der Waals surface area contributed by atoms with Crippen molar-refractivity contribution >= 4 is 23.2 Å². The molecule has 0 atom stereocenters. The van der Waals surface area contributed by atoms with Gasteiger partial charge in [-0.1, -0.05) is 12.1 Å². The van der Waals surface area contributed by atoms with E-state index in [1.54, 1.807) is 24.0 Å². The molecular weight excluding hydrogens is 342 g/mol. The molecule has 1 saturated heterocycles. The summed E-state index contributed by atoms with van der Waals surface area (Å²) in [5.41, 5.74) is 4.91. The van der Waals surface area contributed by atoms with Gasteiger partial charge in [-0.15, -0.1) is 0 Å². The van der Waals surface area contributed by atoms with Crippen molar-refractivity contribution in [2.75, 3.05) is 36.4 Å². The van der Waals surface area contributed by atoms with E-state index in [-0.39, 0.29) is 5.75 Å². The zero-order valence-electron chi connectivity index (χ0n) is 16.0. The van der Waals surface area contributed by atoms with E-state index in [4.69, 9.17) is 0 Å². The highest BCUT2D eigenvalue weighted by Crippen LogP contribution is 2.24. The molecule has 3 rings (SSSR count). The van der Waals surface area contributed by atoms with E-state index in [1.807, 2.05) is 6.07 Å². The Morgan fingerprint density at radius 1 is 0.963 bits per heavy atom. The number of phenolic OH excluding ortho intramolecular Hbond substituents is 1. The van der Waals surface area contributed by atoms with Gasteiger partial charge in [0.25, 0.3) is 0 Å². The van der Waals surface area contributed by atoms with E-state index in [1.165, 1.54) is 22.9 Å². The third kappa shape index (κ3) is 4.05. The zero-order chi connectivity index (χ0) is 19.6. The fourth-order valence-corrected chi connectivity index (χ4v) is 3.34. The number of rotatable bonds is 2. The maximum atomic E-state index is 12.5. The van der Waals surface area contributed by atoms with E-state index in [0.717, 1.165) is 0 Å². The van der Waals surface area contributed by atoms with Crippen LogP contribution in [-0.4, -0.2) is 48.0 Å². The van der Waals surface area contributed by atoms with Gasteiger partial charge in [0, 0.05) is 37.6 Å². The lowest BCUT2D eigenvalue weighted by Gasteiger charge is -2.36. The van der Waals surface area contributed by atoms with Gasteiger partial charge in [0.05, 0.1) is 0 Å². The van der Waals surface area contributed by atoms with Crippen LogP contribution in [0.5, 0.6) is 5.75 Å². The van der Waals surface area contributed by atoms with Gasteiger partial charge < -0.3 is 20.2 Å². The van der Waals surface area contributed by atoms with Crippen molar-refractivity contribution in [2.24, 2.45) is 0 Å². The van der Waals surface area contributed by atoms with Crippen molar-refractivity contribution < 1.29 is 14.7 Å². The predicted octanol–water partition coefficient (Wildman–Crippen LogP) is 2.60. The molecule has 2 aromatic carbocycles. The number of anilines is 2. The number of carbonyl (C=O) groups excluding carboxylic acids is 2. The molecule has 0 aromatic heterocycles. The fraction of sp³-hybridized carbons (Fsp3) is 0.333. The van der Waals surface area contributed by atoms with Crippen LogP contribution >= 0.6 is 0 Å². The van der Waals surface area contributed by atoms with E-state index >= 15 is 0 Å². The first-order chi connectivity index (χ1) is 12.9. The van der Waals surface area contributed by atoms with E-state index in [0.29, 0.717) is 37.4 Å². The number of benzene rings is 2. The Morgan fingerprint density at radius 3 is 2.33 bits per heavy atom. The van der Waals surface area contributed by atoms with Crippen LogP contribution in [0.4, 0.5) is 11.4 Å². The normalized spacial score (nSPS) is 14.2. The summed E-state index contributed by atoms with van der Waals surface area (Å²) in [4.78, 5) is 28.7. The van der Waals surface area contributed by atoms with Gasteiger partial charge >= 0.3 is 11.8 Å². The van der Waals surface area contributed by atoms with Gasteiger partial charge in [-0.2, -0.15) is 0 Å². The Labute approximate surface area is 159 Å². The highest BCUT2D eigenvalue weighted by Gasteiger charge is 2.27. The van der Waals surface area contributed by atoms with Crippen LogP contribution in [0.2, 0.25) is 0 Å². The second-order valence-corrected chi connectivity index (χ2v) is 6.95. The predicted molar refractivity (Wildman–Crippen MR) is 106 cm³/mol. The highest BCUT2D eigenvalue weighted by molar-refractivity contribution is 6.39. The molecule has 27 heavy (non-hydrogen) atoms. The third-order valence-electron chi connectivity index (χ3n) is 5.14. The molecule has 0 unspecified atom stereocenters. The monoisotopic (exact) mass is 367 g/mol. The lowest BCUT2D eigenvalue weighted by atomic mass is 10.1. The summed E-state index contributed by atoms with van der Waals surface area (Å²) < 4.78 is 0. The Balaban J connectivity index is 1.61. The zero-order valence-corrected chi connectivity index (χ0v) is 16.0. The molecular formula is C21H25N3O3. The van der Waals surface area contributed by atoms with Gasteiger partial charge in [-0.3, -0.25) is 9.59 Å². The molecule has 1 aliphatic rings. The second-order valence-electron chi connectivity index (χ2n) is 6.95. The minimum Gasteiger partial charge on any atom is -0.508 e. The van der Waals surface area contributed by atoms with Gasteiger partial charge in [-0.25, -0.2) is 0 Å². The molecule has 0 saturated carbocycles. The lowest BCUT2D eigenvalue weighted by molar-refractivity contribution is -0.143. The van der Waals surface area contributed by atoms with Gasteiger partial charge in [0.2, 0.25) is 0 Å². The molecule has 0 aliphatic carbocycles. The highest BCUT2D eigenvalue weighted by atomic mass is 16.3. The number of hydrogen-bond donors (Lipinski definition) is 2. The number of phenols is 1. The number of nitrogens with zero attached hydrogens (tertiary/aromatic N) is 2. The van der Waals surface area contributed by atoms with E-state index in [9.17, 15) is 14.7 Å². The number of aryl methyl sites for hydroxylation is 2. The first kappa shape index (κ1) is 18.8. The van der Waals surface area contributed by atoms with E-state index in [2.05, 4.69) is 36.2 Å². The molecule has 1 fully saturated rings.